The number of methoxy groups -OCH3 is 2. The Hall–Kier alpha value is -3.17. The minimum absolute atomic E-state index is 0.125. The smallest absolute Gasteiger partial charge is 0.234 e. The Morgan fingerprint density at radius 2 is 2.00 bits per heavy atom. The van der Waals surface area contributed by atoms with Crippen LogP contribution in [0, 0.1) is 6.92 Å². The fourth-order valence-corrected chi connectivity index (χ4v) is 3.88. The molecule has 1 aromatic heterocycles. The van der Waals surface area contributed by atoms with Crippen molar-refractivity contribution < 1.29 is 19.0 Å². The molecule has 1 N–H and O–H groups in total. The van der Waals surface area contributed by atoms with Crippen molar-refractivity contribution in [1.82, 2.24) is 14.8 Å². The highest BCUT2D eigenvalue weighted by atomic mass is 35.5. The molecule has 0 spiro atoms. The van der Waals surface area contributed by atoms with Gasteiger partial charge in [0.1, 0.15) is 23.9 Å². The molecule has 0 saturated heterocycles. The second kappa shape index (κ2) is 11.6. The molecule has 2 aromatic carbocycles. The molecule has 0 saturated carbocycles. The summed E-state index contributed by atoms with van der Waals surface area (Å²) < 4.78 is 18.2. The van der Waals surface area contributed by atoms with Crippen LogP contribution in [0.25, 0.3) is 0 Å². The number of carbonyl (C=O) groups excluding carboxylic acids is 1. The molecular weight excluding hydrogens is 464 g/mol. The number of carbonyl (C=O) groups is 1. The number of nitrogens with one attached hydrogen (secondary N) is 1. The number of thioether (sulfide) groups is 1. The number of aryl methyl sites for hydroxylation is 1. The molecule has 3 rings (SSSR count). The van der Waals surface area contributed by atoms with Gasteiger partial charge in [0.05, 0.1) is 30.7 Å². The normalized spacial score (nSPS) is 10.5. The van der Waals surface area contributed by atoms with Crippen LogP contribution in [-0.2, 0) is 17.9 Å². The van der Waals surface area contributed by atoms with Crippen LogP contribution in [0.2, 0.25) is 5.02 Å². The quantitative estimate of drug-likeness (QED) is 0.307. The maximum absolute atomic E-state index is 12.6. The third-order valence-electron chi connectivity index (χ3n) is 4.56. The number of nitrogens with zero attached hydrogens (tertiary/aromatic N) is 3. The van der Waals surface area contributed by atoms with Crippen molar-refractivity contribution in [2.75, 3.05) is 25.3 Å². The molecule has 8 nitrogen and oxygen atoms in total. The summed E-state index contributed by atoms with van der Waals surface area (Å²) in [5, 5.41) is 12.4. The van der Waals surface area contributed by atoms with E-state index in [-0.39, 0.29) is 18.3 Å². The summed E-state index contributed by atoms with van der Waals surface area (Å²) in [5.41, 5.74) is 1.57. The first-order valence-electron chi connectivity index (χ1n) is 10.0. The fraction of sp³-hybridized carbons (Fsp3) is 0.261. The zero-order chi connectivity index (χ0) is 23.8. The van der Waals surface area contributed by atoms with Crippen LogP contribution in [0.5, 0.6) is 17.2 Å². The maximum atomic E-state index is 12.6. The molecule has 0 aliphatic carbocycles. The first-order chi connectivity index (χ1) is 15.9. The lowest BCUT2D eigenvalue weighted by Crippen LogP contribution is -2.15. The molecular formula is C23H25ClN4O4S. The van der Waals surface area contributed by atoms with Crippen LogP contribution in [0.3, 0.4) is 0 Å². The van der Waals surface area contributed by atoms with E-state index in [4.69, 9.17) is 25.8 Å². The topological polar surface area (TPSA) is 87.5 Å². The standard InChI is InChI=1S/C23H25ClN4O4S/c1-5-10-28-21(13-32-20-11-15(2)6-8-17(20)24)26-27-23(28)33-14-22(29)25-18-12-16(30-3)7-9-19(18)31-4/h5-9,11-12H,1,10,13-14H2,2-4H3,(H,25,29). The highest BCUT2D eigenvalue weighted by molar-refractivity contribution is 7.99. The van der Waals surface area contributed by atoms with Gasteiger partial charge in [-0.3, -0.25) is 9.36 Å². The van der Waals surface area contributed by atoms with E-state index in [2.05, 4.69) is 22.1 Å². The molecule has 1 amide bonds. The maximum Gasteiger partial charge on any atom is 0.234 e. The summed E-state index contributed by atoms with van der Waals surface area (Å²) in [5.74, 6) is 2.24. The van der Waals surface area contributed by atoms with Crippen molar-refractivity contribution in [3.63, 3.8) is 0 Å². The van der Waals surface area contributed by atoms with Gasteiger partial charge >= 0.3 is 0 Å². The Morgan fingerprint density at radius 3 is 2.73 bits per heavy atom. The average Bonchev–Trinajstić information content (AvgIpc) is 3.19. The largest absolute Gasteiger partial charge is 0.497 e. The number of hydrogen-bond acceptors (Lipinski definition) is 7. The van der Waals surface area contributed by atoms with Crippen molar-refractivity contribution in [2.45, 2.75) is 25.2 Å². The Morgan fingerprint density at radius 1 is 1.18 bits per heavy atom. The van der Waals surface area contributed by atoms with E-state index in [1.807, 2.05) is 23.6 Å². The molecule has 1 heterocycles. The van der Waals surface area contributed by atoms with Gasteiger partial charge in [-0.2, -0.15) is 0 Å². The molecule has 0 unspecified atom stereocenters. The SMILES string of the molecule is C=CCn1c(COc2cc(C)ccc2Cl)nnc1SCC(=O)Nc1cc(OC)ccc1OC. The second-order valence-corrected chi connectivity index (χ2v) is 8.27. The number of rotatable bonds is 11. The molecule has 0 bridgehead atoms. The monoisotopic (exact) mass is 488 g/mol. The number of amides is 1. The highest BCUT2D eigenvalue weighted by Gasteiger charge is 2.16. The number of hydrogen-bond donors (Lipinski definition) is 1. The minimum atomic E-state index is -0.218. The summed E-state index contributed by atoms with van der Waals surface area (Å²) in [7, 11) is 3.10. The van der Waals surface area contributed by atoms with E-state index in [0.717, 1.165) is 5.56 Å². The molecule has 33 heavy (non-hydrogen) atoms. The minimum Gasteiger partial charge on any atom is -0.497 e. The van der Waals surface area contributed by atoms with E-state index in [9.17, 15) is 4.79 Å². The van der Waals surface area contributed by atoms with Gasteiger partial charge in [-0.15, -0.1) is 16.8 Å². The van der Waals surface area contributed by atoms with E-state index in [0.29, 0.717) is 45.5 Å². The molecule has 0 aliphatic heterocycles. The Labute approximate surface area is 201 Å². The van der Waals surface area contributed by atoms with Crippen LogP contribution in [0.4, 0.5) is 5.69 Å². The molecule has 10 heteroatoms. The average molecular weight is 489 g/mol. The van der Waals surface area contributed by atoms with Gasteiger partial charge in [-0.05, 0) is 36.8 Å². The third kappa shape index (κ3) is 6.43. The number of allylic oxidation sites excluding steroid dienone is 1. The van der Waals surface area contributed by atoms with Crippen LogP contribution in [-0.4, -0.2) is 40.6 Å². The lowest BCUT2D eigenvalue weighted by Gasteiger charge is -2.12. The Kier molecular flexibility index (Phi) is 8.62. The van der Waals surface area contributed by atoms with Crippen molar-refractivity contribution in [3.05, 3.63) is 65.5 Å². The second-order valence-electron chi connectivity index (χ2n) is 6.92. The van der Waals surface area contributed by atoms with Crippen LogP contribution < -0.4 is 19.5 Å². The molecule has 3 aromatic rings. The molecule has 174 valence electrons. The number of benzene rings is 2. The summed E-state index contributed by atoms with van der Waals surface area (Å²) in [6.45, 7) is 6.41. The number of aromatic nitrogens is 3. The summed E-state index contributed by atoms with van der Waals surface area (Å²) in [4.78, 5) is 12.6. The van der Waals surface area contributed by atoms with E-state index >= 15 is 0 Å². The predicted molar refractivity (Wildman–Crippen MR) is 130 cm³/mol. The Bertz CT molecular complexity index is 1140. The van der Waals surface area contributed by atoms with Gasteiger partial charge in [-0.25, -0.2) is 0 Å². The first kappa shape index (κ1) is 24.5. The summed E-state index contributed by atoms with van der Waals surface area (Å²) >= 11 is 7.47. The first-order valence-corrected chi connectivity index (χ1v) is 11.4. The predicted octanol–water partition coefficient (Wildman–Crippen LogP) is 4.75. The van der Waals surface area contributed by atoms with E-state index < -0.39 is 0 Å². The number of ether oxygens (including phenoxy) is 3. The van der Waals surface area contributed by atoms with E-state index in [1.165, 1.54) is 18.9 Å². The summed E-state index contributed by atoms with van der Waals surface area (Å²) in [6.07, 6.45) is 1.73. The van der Waals surface area contributed by atoms with Gasteiger partial charge in [-0.1, -0.05) is 35.5 Å². The zero-order valence-corrected chi connectivity index (χ0v) is 20.2. The Balaban J connectivity index is 1.66. The van der Waals surface area contributed by atoms with Gasteiger partial charge in [0.25, 0.3) is 0 Å². The van der Waals surface area contributed by atoms with Crippen molar-refractivity contribution in [3.8, 4) is 17.2 Å². The third-order valence-corrected chi connectivity index (χ3v) is 5.84. The summed E-state index contributed by atoms with van der Waals surface area (Å²) in [6, 6.07) is 10.8. The molecule has 0 atom stereocenters. The van der Waals surface area contributed by atoms with Crippen molar-refractivity contribution >= 4 is 35.0 Å². The van der Waals surface area contributed by atoms with Gasteiger partial charge in [0.2, 0.25) is 5.91 Å². The van der Waals surface area contributed by atoms with Crippen LogP contribution >= 0.6 is 23.4 Å². The molecule has 0 aliphatic rings. The fourth-order valence-electron chi connectivity index (χ4n) is 2.94. The van der Waals surface area contributed by atoms with Crippen LogP contribution in [0.15, 0.2) is 54.2 Å². The number of halogens is 1. The van der Waals surface area contributed by atoms with Gasteiger partial charge in [0, 0.05) is 12.6 Å². The van der Waals surface area contributed by atoms with Gasteiger partial charge < -0.3 is 19.5 Å². The molecule has 0 radical (unpaired) electrons. The number of anilines is 1. The zero-order valence-electron chi connectivity index (χ0n) is 18.6. The van der Waals surface area contributed by atoms with Crippen LogP contribution in [0.1, 0.15) is 11.4 Å². The van der Waals surface area contributed by atoms with Gasteiger partial charge in [0.15, 0.2) is 11.0 Å². The molecule has 0 fully saturated rings. The van der Waals surface area contributed by atoms with E-state index in [1.54, 1.807) is 37.5 Å². The van der Waals surface area contributed by atoms with Crippen molar-refractivity contribution in [2.24, 2.45) is 0 Å². The highest BCUT2D eigenvalue weighted by Crippen LogP contribution is 2.30. The van der Waals surface area contributed by atoms with Crippen molar-refractivity contribution in [1.29, 1.82) is 0 Å². The lowest BCUT2D eigenvalue weighted by atomic mass is 10.2. The lowest BCUT2D eigenvalue weighted by molar-refractivity contribution is -0.113.